The van der Waals surface area contributed by atoms with Gasteiger partial charge in [-0.3, -0.25) is 0 Å². The van der Waals surface area contributed by atoms with Crippen molar-refractivity contribution in [3.8, 4) is 0 Å². The van der Waals surface area contributed by atoms with Crippen LogP contribution in [0.3, 0.4) is 0 Å². The number of rotatable bonds is 4. The largest absolute Gasteiger partial charge is 0.444 e. The fourth-order valence-electron chi connectivity index (χ4n) is 2.32. The van der Waals surface area contributed by atoms with E-state index in [4.69, 9.17) is 10.5 Å². The number of carbonyl (C=O) groups is 1. The summed E-state index contributed by atoms with van der Waals surface area (Å²) in [5, 5.41) is 0. The van der Waals surface area contributed by atoms with E-state index < -0.39 is 5.60 Å². The lowest BCUT2D eigenvalue weighted by molar-refractivity contribution is 0.0171. The van der Waals surface area contributed by atoms with E-state index in [0.29, 0.717) is 13.1 Å². The number of carbonyl (C=O) groups excluding carboxylic acids is 1. The van der Waals surface area contributed by atoms with E-state index in [1.165, 1.54) is 11.1 Å². The smallest absolute Gasteiger partial charge is 0.410 e. The van der Waals surface area contributed by atoms with Gasteiger partial charge in [0, 0.05) is 31.1 Å². The van der Waals surface area contributed by atoms with Gasteiger partial charge >= 0.3 is 6.09 Å². The molecular formula is C17H29N3O2S. The Hall–Kier alpha value is -1.56. The highest BCUT2D eigenvalue weighted by atomic mass is 32.2. The topological polar surface area (TPSA) is 58.8 Å². The molecule has 130 valence electrons. The predicted octanol–water partition coefficient (Wildman–Crippen LogP) is 3.16. The van der Waals surface area contributed by atoms with Crippen molar-refractivity contribution in [2.75, 3.05) is 32.4 Å². The van der Waals surface area contributed by atoms with Crippen LogP contribution in [0, 0.1) is 0 Å². The Kier molecular flexibility index (Phi) is 7.55. The molecule has 23 heavy (non-hydrogen) atoms. The lowest BCUT2D eigenvalue weighted by Crippen LogP contribution is -2.49. The second-order valence-corrected chi connectivity index (χ2v) is 7.10. The van der Waals surface area contributed by atoms with Crippen LogP contribution in [0.5, 0.6) is 0 Å². The Balaban J connectivity index is 2.74. The summed E-state index contributed by atoms with van der Waals surface area (Å²) in [4.78, 5) is 17.4. The van der Waals surface area contributed by atoms with Crippen LogP contribution in [0.15, 0.2) is 35.0 Å². The van der Waals surface area contributed by atoms with Gasteiger partial charge in [0.25, 0.3) is 0 Å². The average molecular weight is 340 g/mol. The monoisotopic (exact) mass is 339 g/mol. The second kappa shape index (κ2) is 8.91. The highest BCUT2D eigenvalue weighted by Crippen LogP contribution is 2.26. The van der Waals surface area contributed by atoms with Gasteiger partial charge in [0.05, 0.1) is 5.70 Å². The van der Waals surface area contributed by atoms with Gasteiger partial charge in [-0.05, 0) is 52.3 Å². The summed E-state index contributed by atoms with van der Waals surface area (Å²) in [6, 6.07) is 0. The van der Waals surface area contributed by atoms with Gasteiger partial charge in [-0.1, -0.05) is 6.08 Å². The Bertz CT molecular complexity index is 485. The van der Waals surface area contributed by atoms with Crippen LogP contribution in [0.2, 0.25) is 0 Å². The van der Waals surface area contributed by atoms with Crippen LogP contribution in [-0.4, -0.2) is 53.9 Å². The number of amides is 1. The Morgan fingerprint density at radius 1 is 1.17 bits per heavy atom. The third-order valence-corrected chi connectivity index (χ3v) is 4.26. The van der Waals surface area contributed by atoms with Gasteiger partial charge in [0.1, 0.15) is 5.60 Å². The van der Waals surface area contributed by atoms with Gasteiger partial charge in [0.2, 0.25) is 0 Å². The molecule has 0 aliphatic carbocycles. The van der Waals surface area contributed by atoms with Gasteiger partial charge < -0.3 is 20.3 Å². The third kappa shape index (κ3) is 6.22. The molecule has 5 nitrogen and oxygen atoms in total. The van der Waals surface area contributed by atoms with E-state index in [0.717, 1.165) is 18.8 Å². The van der Waals surface area contributed by atoms with E-state index in [1.54, 1.807) is 16.7 Å². The van der Waals surface area contributed by atoms with Crippen molar-refractivity contribution in [3.05, 3.63) is 35.0 Å². The van der Waals surface area contributed by atoms with E-state index in [-0.39, 0.29) is 6.09 Å². The molecular weight excluding hydrogens is 310 g/mol. The highest BCUT2D eigenvalue weighted by Gasteiger charge is 2.27. The molecule has 0 spiro atoms. The van der Waals surface area contributed by atoms with E-state index >= 15 is 0 Å². The van der Waals surface area contributed by atoms with Gasteiger partial charge in [-0.2, -0.15) is 0 Å². The lowest BCUT2D eigenvalue weighted by Gasteiger charge is -2.38. The molecule has 6 heteroatoms. The molecule has 0 aromatic rings. The molecule has 0 aromatic carbocycles. The minimum atomic E-state index is -0.456. The third-order valence-electron chi connectivity index (χ3n) is 3.37. The average Bonchev–Trinajstić information content (AvgIpc) is 2.50. The van der Waals surface area contributed by atoms with Crippen molar-refractivity contribution >= 4 is 17.9 Å². The number of nitrogens with two attached hydrogens (primary N) is 1. The zero-order valence-electron chi connectivity index (χ0n) is 14.8. The minimum Gasteiger partial charge on any atom is -0.444 e. The molecule has 1 fully saturated rings. The molecule has 2 N–H and O–H groups in total. The molecule has 1 heterocycles. The first-order chi connectivity index (χ1) is 10.8. The Morgan fingerprint density at radius 2 is 1.74 bits per heavy atom. The van der Waals surface area contributed by atoms with Crippen LogP contribution in [0.4, 0.5) is 4.79 Å². The Labute approximate surface area is 144 Å². The Morgan fingerprint density at radius 3 is 2.17 bits per heavy atom. The number of hydrogen-bond acceptors (Lipinski definition) is 5. The standard InChI is InChI=1S/C17H29N3O2S/c1-6-15(23-5)14(8-7-9-18)19-10-12-20(13-11-19)16(21)22-17(2,3)4/h6-9H,10-13,18H2,1-5H3/b9-7+,14-8+,15-6+. The van der Waals surface area contributed by atoms with Crippen molar-refractivity contribution in [2.24, 2.45) is 5.73 Å². The van der Waals surface area contributed by atoms with Crippen molar-refractivity contribution in [2.45, 2.75) is 33.3 Å². The maximum absolute atomic E-state index is 12.1. The molecule has 0 unspecified atom stereocenters. The van der Waals surface area contributed by atoms with Crippen molar-refractivity contribution in [1.82, 2.24) is 9.80 Å². The van der Waals surface area contributed by atoms with Crippen LogP contribution in [-0.2, 0) is 4.74 Å². The number of thioether (sulfide) groups is 1. The number of hydrogen-bond donors (Lipinski definition) is 1. The first-order valence-corrected chi connectivity index (χ1v) is 9.07. The van der Waals surface area contributed by atoms with Crippen LogP contribution in [0.1, 0.15) is 27.7 Å². The molecule has 1 aliphatic rings. The summed E-state index contributed by atoms with van der Waals surface area (Å²) in [5.74, 6) is 0. The summed E-state index contributed by atoms with van der Waals surface area (Å²) < 4.78 is 5.44. The van der Waals surface area contributed by atoms with E-state index in [9.17, 15) is 4.79 Å². The second-order valence-electron chi connectivity index (χ2n) is 6.25. The number of piperazine rings is 1. The number of ether oxygens (including phenoxy) is 1. The summed E-state index contributed by atoms with van der Waals surface area (Å²) in [7, 11) is 0. The molecule has 1 aliphatic heterocycles. The zero-order valence-corrected chi connectivity index (χ0v) is 15.7. The van der Waals surface area contributed by atoms with Crippen LogP contribution < -0.4 is 5.73 Å². The first kappa shape index (κ1) is 19.5. The van der Waals surface area contributed by atoms with E-state index in [2.05, 4.69) is 17.2 Å². The van der Waals surface area contributed by atoms with Crippen molar-refractivity contribution < 1.29 is 9.53 Å². The van der Waals surface area contributed by atoms with Gasteiger partial charge in [-0.25, -0.2) is 4.79 Å². The molecule has 0 aromatic heterocycles. The molecule has 0 atom stereocenters. The van der Waals surface area contributed by atoms with Crippen molar-refractivity contribution in [1.29, 1.82) is 0 Å². The summed E-state index contributed by atoms with van der Waals surface area (Å²) in [6.45, 7) is 10.6. The molecule has 0 radical (unpaired) electrons. The quantitative estimate of drug-likeness (QED) is 0.797. The van der Waals surface area contributed by atoms with Gasteiger partial charge in [-0.15, -0.1) is 11.8 Å². The zero-order chi connectivity index (χ0) is 17.5. The predicted molar refractivity (Wildman–Crippen MR) is 98.1 cm³/mol. The summed E-state index contributed by atoms with van der Waals surface area (Å²) in [5.41, 5.74) is 6.16. The van der Waals surface area contributed by atoms with Crippen LogP contribution in [0.25, 0.3) is 0 Å². The molecule has 0 saturated carbocycles. The molecule has 1 amide bonds. The lowest BCUT2D eigenvalue weighted by atomic mass is 10.2. The minimum absolute atomic E-state index is 0.236. The summed E-state index contributed by atoms with van der Waals surface area (Å²) in [6.07, 6.45) is 9.32. The summed E-state index contributed by atoms with van der Waals surface area (Å²) >= 11 is 1.71. The highest BCUT2D eigenvalue weighted by molar-refractivity contribution is 8.02. The van der Waals surface area contributed by atoms with Crippen molar-refractivity contribution in [3.63, 3.8) is 0 Å². The SMILES string of the molecule is C\C=C(SC)/C(=C\C=C\N)N1CCN(C(=O)OC(C)(C)C)CC1. The maximum atomic E-state index is 12.1. The molecule has 1 rings (SSSR count). The molecule has 0 bridgehead atoms. The number of allylic oxidation sites excluding steroid dienone is 3. The molecule has 1 saturated heterocycles. The van der Waals surface area contributed by atoms with Gasteiger partial charge in [0.15, 0.2) is 0 Å². The normalized spacial score (nSPS) is 17.8. The fraction of sp³-hybridized carbons (Fsp3) is 0.588. The van der Waals surface area contributed by atoms with Crippen LogP contribution >= 0.6 is 11.8 Å². The fourth-order valence-corrected chi connectivity index (χ4v) is 2.96. The maximum Gasteiger partial charge on any atom is 0.410 e. The first-order valence-electron chi connectivity index (χ1n) is 7.84. The van der Waals surface area contributed by atoms with E-state index in [1.807, 2.05) is 39.8 Å². The number of nitrogens with zero attached hydrogens (tertiary/aromatic N) is 2.